The summed E-state index contributed by atoms with van der Waals surface area (Å²) in [4.78, 5) is 14.1. The van der Waals surface area contributed by atoms with E-state index >= 15 is 0 Å². The predicted octanol–water partition coefficient (Wildman–Crippen LogP) is 1.44. The van der Waals surface area contributed by atoms with Gasteiger partial charge in [0.15, 0.2) is 0 Å². The van der Waals surface area contributed by atoms with Crippen LogP contribution in [0.5, 0.6) is 0 Å². The van der Waals surface area contributed by atoms with Gasteiger partial charge < -0.3 is 10.7 Å². The fourth-order valence-electron chi connectivity index (χ4n) is 1.88. The highest BCUT2D eigenvalue weighted by Crippen LogP contribution is 2.22. The van der Waals surface area contributed by atoms with E-state index in [1.165, 1.54) is 16.4 Å². The smallest absolute Gasteiger partial charge is 0.235 e. The minimum atomic E-state index is -0.274. The SMILES string of the molecule is Cc1nnc(S[C@@H](C)C(=O)N(C)Cc2ccccc2)n1N. The molecule has 0 bridgehead atoms. The predicted molar refractivity (Wildman–Crippen MR) is 83.1 cm³/mol. The summed E-state index contributed by atoms with van der Waals surface area (Å²) in [5.74, 6) is 6.45. The molecule has 0 fully saturated rings. The molecule has 1 amide bonds. The summed E-state index contributed by atoms with van der Waals surface area (Å²) in [5, 5.41) is 8.11. The maximum Gasteiger partial charge on any atom is 0.235 e. The number of aryl methyl sites for hydroxylation is 1. The molecule has 2 aromatic rings. The van der Waals surface area contributed by atoms with E-state index in [0.29, 0.717) is 17.5 Å². The van der Waals surface area contributed by atoms with Crippen LogP contribution >= 0.6 is 11.8 Å². The van der Waals surface area contributed by atoms with E-state index in [1.807, 2.05) is 37.3 Å². The maximum atomic E-state index is 12.4. The van der Waals surface area contributed by atoms with E-state index in [0.717, 1.165) is 5.56 Å². The van der Waals surface area contributed by atoms with Crippen molar-refractivity contribution in [1.29, 1.82) is 0 Å². The molecule has 0 saturated carbocycles. The molecule has 0 aliphatic heterocycles. The third-order valence-electron chi connectivity index (χ3n) is 3.10. The molecule has 1 aromatic carbocycles. The summed E-state index contributed by atoms with van der Waals surface area (Å²) in [6.07, 6.45) is 0. The van der Waals surface area contributed by atoms with E-state index in [9.17, 15) is 4.79 Å². The molecule has 0 radical (unpaired) electrons. The highest BCUT2D eigenvalue weighted by molar-refractivity contribution is 8.00. The van der Waals surface area contributed by atoms with Gasteiger partial charge in [0.2, 0.25) is 11.1 Å². The molecule has 21 heavy (non-hydrogen) atoms. The topological polar surface area (TPSA) is 77.0 Å². The molecule has 7 heteroatoms. The number of nitrogens with zero attached hydrogens (tertiary/aromatic N) is 4. The minimum Gasteiger partial charge on any atom is -0.340 e. The summed E-state index contributed by atoms with van der Waals surface area (Å²) in [7, 11) is 1.80. The van der Waals surface area contributed by atoms with Gasteiger partial charge in [0.1, 0.15) is 5.82 Å². The second-order valence-electron chi connectivity index (χ2n) is 4.84. The van der Waals surface area contributed by atoms with Crippen molar-refractivity contribution in [3.8, 4) is 0 Å². The molecule has 0 saturated heterocycles. The van der Waals surface area contributed by atoms with E-state index < -0.39 is 0 Å². The van der Waals surface area contributed by atoms with Crippen LogP contribution in [0.1, 0.15) is 18.3 Å². The summed E-state index contributed by atoms with van der Waals surface area (Å²) in [6.45, 7) is 4.20. The second kappa shape index (κ2) is 6.62. The highest BCUT2D eigenvalue weighted by Gasteiger charge is 2.21. The average Bonchev–Trinajstić information content (AvgIpc) is 2.79. The molecular weight excluding hydrogens is 286 g/mol. The molecule has 0 spiro atoms. The zero-order chi connectivity index (χ0) is 15.4. The number of nitrogen functional groups attached to an aromatic ring is 1. The first-order chi connectivity index (χ1) is 9.99. The Morgan fingerprint density at radius 1 is 1.38 bits per heavy atom. The lowest BCUT2D eigenvalue weighted by atomic mass is 10.2. The molecule has 1 atom stereocenters. The van der Waals surface area contributed by atoms with Crippen molar-refractivity contribution < 1.29 is 4.79 Å². The molecular formula is C14H19N5OS. The number of benzene rings is 1. The van der Waals surface area contributed by atoms with Crippen LogP contribution in [0.15, 0.2) is 35.5 Å². The molecule has 1 heterocycles. The van der Waals surface area contributed by atoms with Gasteiger partial charge in [0.05, 0.1) is 5.25 Å². The molecule has 112 valence electrons. The second-order valence-corrected chi connectivity index (χ2v) is 6.15. The lowest BCUT2D eigenvalue weighted by Crippen LogP contribution is -2.33. The molecule has 2 N–H and O–H groups in total. The van der Waals surface area contributed by atoms with Crippen LogP contribution in [0.2, 0.25) is 0 Å². The molecule has 1 aromatic heterocycles. The molecule has 6 nitrogen and oxygen atoms in total. The number of carbonyl (C=O) groups excluding carboxylic acids is 1. The Balaban J connectivity index is 1.97. The van der Waals surface area contributed by atoms with Crippen molar-refractivity contribution in [3.05, 3.63) is 41.7 Å². The Hall–Kier alpha value is -2.02. The van der Waals surface area contributed by atoms with Crippen molar-refractivity contribution in [2.24, 2.45) is 0 Å². The van der Waals surface area contributed by atoms with Crippen LogP contribution in [-0.4, -0.2) is 38.0 Å². The zero-order valence-electron chi connectivity index (χ0n) is 12.4. The number of amides is 1. The fraction of sp³-hybridized carbons (Fsp3) is 0.357. The van der Waals surface area contributed by atoms with Gasteiger partial charge in [0, 0.05) is 13.6 Å². The van der Waals surface area contributed by atoms with Crippen molar-refractivity contribution in [2.75, 3.05) is 12.9 Å². The first-order valence-corrected chi connectivity index (χ1v) is 7.49. The Labute approximate surface area is 128 Å². The first kappa shape index (κ1) is 15.4. The van der Waals surface area contributed by atoms with E-state index in [1.54, 1.807) is 18.9 Å². The molecule has 0 unspecified atom stereocenters. The van der Waals surface area contributed by atoms with E-state index in [4.69, 9.17) is 5.84 Å². The number of hydrogen-bond acceptors (Lipinski definition) is 5. The van der Waals surface area contributed by atoms with Crippen LogP contribution in [0, 0.1) is 6.92 Å². The zero-order valence-corrected chi connectivity index (χ0v) is 13.2. The highest BCUT2D eigenvalue weighted by atomic mass is 32.2. The monoisotopic (exact) mass is 305 g/mol. The summed E-state index contributed by atoms with van der Waals surface area (Å²) in [5.41, 5.74) is 1.10. The van der Waals surface area contributed by atoms with Gasteiger partial charge >= 0.3 is 0 Å². The third-order valence-corrected chi connectivity index (χ3v) is 4.15. The normalized spacial score (nSPS) is 12.1. The van der Waals surface area contributed by atoms with Gasteiger partial charge in [0.25, 0.3) is 0 Å². The van der Waals surface area contributed by atoms with E-state index in [2.05, 4.69) is 10.2 Å². The summed E-state index contributed by atoms with van der Waals surface area (Å²) < 4.78 is 1.39. The average molecular weight is 305 g/mol. The number of carbonyl (C=O) groups is 1. The van der Waals surface area contributed by atoms with Crippen LogP contribution in [-0.2, 0) is 11.3 Å². The number of hydrogen-bond donors (Lipinski definition) is 1. The van der Waals surface area contributed by atoms with Gasteiger partial charge in [-0.25, -0.2) is 4.68 Å². The van der Waals surface area contributed by atoms with Gasteiger partial charge in [-0.3, -0.25) is 4.79 Å². The van der Waals surface area contributed by atoms with Crippen molar-refractivity contribution >= 4 is 17.7 Å². The van der Waals surface area contributed by atoms with Crippen LogP contribution in [0.25, 0.3) is 0 Å². The Morgan fingerprint density at radius 3 is 2.62 bits per heavy atom. The Bertz CT molecular complexity index is 613. The fourth-order valence-corrected chi connectivity index (χ4v) is 2.81. The first-order valence-electron chi connectivity index (χ1n) is 6.61. The number of rotatable bonds is 5. The van der Waals surface area contributed by atoms with Crippen LogP contribution < -0.4 is 5.84 Å². The standard InChI is InChI=1S/C14H19N5OS/c1-10(21-14-17-16-11(2)19(14)15)13(20)18(3)9-12-7-5-4-6-8-12/h4-8,10H,9,15H2,1-3H3/t10-/m0/s1. The summed E-state index contributed by atoms with van der Waals surface area (Å²) >= 11 is 1.31. The Kier molecular flexibility index (Phi) is 4.85. The lowest BCUT2D eigenvalue weighted by Gasteiger charge is -2.20. The number of nitrogens with two attached hydrogens (primary N) is 1. The van der Waals surface area contributed by atoms with Crippen molar-refractivity contribution in [2.45, 2.75) is 30.8 Å². The lowest BCUT2D eigenvalue weighted by molar-refractivity contribution is -0.129. The van der Waals surface area contributed by atoms with Gasteiger partial charge in [-0.2, -0.15) is 0 Å². The largest absolute Gasteiger partial charge is 0.340 e. The number of thioether (sulfide) groups is 1. The summed E-state index contributed by atoms with van der Waals surface area (Å²) in [6, 6.07) is 9.89. The van der Waals surface area contributed by atoms with Gasteiger partial charge in [-0.1, -0.05) is 42.1 Å². The molecule has 0 aliphatic carbocycles. The van der Waals surface area contributed by atoms with Crippen LogP contribution in [0.3, 0.4) is 0 Å². The third kappa shape index (κ3) is 3.75. The van der Waals surface area contributed by atoms with Gasteiger partial charge in [-0.15, -0.1) is 10.2 Å². The molecule has 0 aliphatic rings. The minimum absolute atomic E-state index is 0.0320. The number of aromatic nitrogens is 3. The van der Waals surface area contributed by atoms with Crippen LogP contribution in [0.4, 0.5) is 0 Å². The van der Waals surface area contributed by atoms with E-state index in [-0.39, 0.29) is 11.2 Å². The molecule has 2 rings (SSSR count). The van der Waals surface area contributed by atoms with Crippen molar-refractivity contribution in [3.63, 3.8) is 0 Å². The van der Waals surface area contributed by atoms with Gasteiger partial charge in [-0.05, 0) is 19.4 Å². The maximum absolute atomic E-state index is 12.4. The quantitative estimate of drug-likeness (QED) is 0.668. The Morgan fingerprint density at radius 2 is 2.05 bits per heavy atom. The van der Waals surface area contributed by atoms with Crippen molar-refractivity contribution in [1.82, 2.24) is 19.8 Å².